The van der Waals surface area contributed by atoms with Gasteiger partial charge in [0.25, 0.3) is 5.71 Å². The van der Waals surface area contributed by atoms with Crippen LogP contribution in [-0.2, 0) is 0 Å². The van der Waals surface area contributed by atoms with Gasteiger partial charge >= 0.3 is 0 Å². The fraction of sp³-hybridized carbons (Fsp3) is 0.0769. The lowest BCUT2D eigenvalue weighted by molar-refractivity contribution is 0.415. The number of nitrogens with two attached hydrogens (primary N) is 1. The Bertz CT molecular complexity index is 706. The Labute approximate surface area is 103 Å². The van der Waals surface area contributed by atoms with Crippen molar-refractivity contribution in [3.05, 3.63) is 36.5 Å². The predicted molar refractivity (Wildman–Crippen MR) is 68.2 cm³/mol. The van der Waals surface area contributed by atoms with Gasteiger partial charge < -0.3 is 15.0 Å². The second-order valence-electron chi connectivity index (χ2n) is 3.88. The molecular weight excluding hydrogens is 230 g/mol. The van der Waals surface area contributed by atoms with Crippen LogP contribution in [0.3, 0.4) is 0 Å². The van der Waals surface area contributed by atoms with Crippen molar-refractivity contribution in [2.75, 3.05) is 12.8 Å². The van der Waals surface area contributed by atoms with Crippen molar-refractivity contribution < 1.29 is 9.26 Å². The van der Waals surface area contributed by atoms with E-state index in [-0.39, 0.29) is 0 Å². The summed E-state index contributed by atoms with van der Waals surface area (Å²) < 4.78 is 10.2. The van der Waals surface area contributed by atoms with Gasteiger partial charge in [0.05, 0.1) is 12.5 Å². The molecule has 2 aromatic heterocycles. The van der Waals surface area contributed by atoms with Gasteiger partial charge in [-0.3, -0.25) is 0 Å². The number of ether oxygens (including phenoxy) is 1. The summed E-state index contributed by atoms with van der Waals surface area (Å²) in [5.74, 6) is 1.15. The number of methoxy groups -OCH3 is 1. The van der Waals surface area contributed by atoms with Gasteiger partial charge in [-0.15, -0.1) is 0 Å². The standard InChI is InChI=1S/C13H11N3O2/c1-17-10-4-2-3-8(5-10)9-6-11-12(14)16-18-13(11)15-7-9/h2-7H,1H3,(H2,14,16). The maximum absolute atomic E-state index is 5.71. The highest BCUT2D eigenvalue weighted by molar-refractivity contribution is 5.88. The zero-order valence-corrected chi connectivity index (χ0v) is 9.75. The van der Waals surface area contributed by atoms with Crippen molar-refractivity contribution in [1.29, 1.82) is 0 Å². The third-order valence-corrected chi connectivity index (χ3v) is 2.76. The number of pyridine rings is 1. The van der Waals surface area contributed by atoms with Crippen LogP contribution < -0.4 is 10.5 Å². The van der Waals surface area contributed by atoms with Gasteiger partial charge in [-0.25, -0.2) is 4.98 Å². The molecule has 18 heavy (non-hydrogen) atoms. The monoisotopic (exact) mass is 241 g/mol. The maximum atomic E-state index is 5.71. The van der Waals surface area contributed by atoms with E-state index in [4.69, 9.17) is 15.0 Å². The maximum Gasteiger partial charge on any atom is 0.259 e. The number of hydrogen-bond donors (Lipinski definition) is 1. The highest BCUT2D eigenvalue weighted by atomic mass is 16.5. The Hall–Kier alpha value is -2.56. The smallest absolute Gasteiger partial charge is 0.259 e. The summed E-state index contributed by atoms with van der Waals surface area (Å²) in [6.45, 7) is 0. The largest absolute Gasteiger partial charge is 0.497 e. The fourth-order valence-corrected chi connectivity index (χ4v) is 1.81. The number of anilines is 1. The van der Waals surface area contributed by atoms with Crippen molar-refractivity contribution >= 4 is 16.9 Å². The van der Waals surface area contributed by atoms with E-state index in [0.717, 1.165) is 22.3 Å². The quantitative estimate of drug-likeness (QED) is 0.746. The van der Waals surface area contributed by atoms with Crippen LogP contribution in [0.1, 0.15) is 0 Å². The lowest BCUT2D eigenvalue weighted by Gasteiger charge is -2.04. The zero-order valence-electron chi connectivity index (χ0n) is 9.75. The number of aromatic nitrogens is 2. The van der Waals surface area contributed by atoms with Gasteiger partial charge in [0.1, 0.15) is 5.75 Å². The number of nitrogen functional groups attached to an aromatic ring is 1. The topological polar surface area (TPSA) is 74.2 Å². The SMILES string of the molecule is COc1cccc(-c2cnc3onc(N)c3c2)c1. The van der Waals surface area contributed by atoms with E-state index >= 15 is 0 Å². The number of benzene rings is 1. The number of hydrogen-bond acceptors (Lipinski definition) is 5. The molecule has 5 heteroatoms. The molecule has 3 rings (SSSR count). The van der Waals surface area contributed by atoms with Crippen LogP contribution in [0.5, 0.6) is 5.75 Å². The molecule has 90 valence electrons. The summed E-state index contributed by atoms with van der Waals surface area (Å²) in [6, 6.07) is 9.64. The second-order valence-corrected chi connectivity index (χ2v) is 3.88. The van der Waals surface area contributed by atoms with E-state index in [1.165, 1.54) is 0 Å². The first kappa shape index (κ1) is 10.6. The molecular formula is C13H11N3O2. The average Bonchev–Trinajstić information content (AvgIpc) is 2.80. The van der Waals surface area contributed by atoms with Crippen LogP contribution in [0.15, 0.2) is 41.1 Å². The number of fused-ring (bicyclic) bond motifs is 1. The number of rotatable bonds is 2. The molecule has 0 spiro atoms. The third-order valence-electron chi connectivity index (χ3n) is 2.76. The predicted octanol–water partition coefficient (Wildman–Crippen LogP) is 2.48. The third kappa shape index (κ3) is 1.66. The fourth-order valence-electron chi connectivity index (χ4n) is 1.81. The molecule has 0 unspecified atom stereocenters. The number of nitrogens with zero attached hydrogens (tertiary/aromatic N) is 2. The van der Waals surface area contributed by atoms with E-state index in [0.29, 0.717) is 11.5 Å². The molecule has 0 aliphatic carbocycles. The molecule has 1 aromatic carbocycles. The molecule has 0 amide bonds. The average molecular weight is 241 g/mol. The van der Waals surface area contributed by atoms with Crippen molar-refractivity contribution in [3.8, 4) is 16.9 Å². The van der Waals surface area contributed by atoms with Gasteiger partial charge in [0.2, 0.25) is 0 Å². The van der Waals surface area contributed by atoms with Crippen LogP contribution in [-0.4, -0.2) is 17.3 Å². The second kappa shape index (κ2) is 4.03. The molecule has 0 aliphatic rings. The Kier molecular flexibility index (Phi) is 2.37. The van der Waals surface area contributed by atoms with Gasteiger partial charge in [-0.05, 0) is 23.8 Å². The first-order chi connectivity index (χ1) is 8.78. The highest BCUT2D eigenvalue weighted by Gasteiger charge is 2.08. The van der Waals surface area contributed by atoms with Crippen LogP contribution in [0.4, 0.5) is 5.82 Å². The van der Waals surface area contributed by atoms with E-state index in [1.54, 1.807) is 13.3 Å². The molecule has 0 atom stereocenters. The summed E-state index contributed by atoms with van der Waals surface area (Å²) in [5, 5.41) is 4.40. The summed E-state index contributed by atoms with van der Waals surface area (Å²) in [6.07, 6.45) is 1.72. The van der Waals surface area contributed by atoms with Crippen LogP contribution in [0, 0.1) is 0 Å². The lowest BCUT2D eigenvalue weighted by Crippen LogP contribution is -1.87. The molecule has 0 fully saturated rings. The van der Waals surface area contributed by atoms with E-state index < -0.39 is 0 Å². The van der Waals surface area contributed by atoms with Crippen molar-refractivity contribution in [2.45, 2.75) is 0 Å². The zero-order chi connectivity index (χ0) is 12.5. The minimum absolute atomic E-state index is 0.349. The molecule has 5 nitrogen and oxygen atoms in total. The first-order valence-electron chi connectivity index (χ1n) is 5.43. The Morgan fingerprint density at radius 3 is 2.94 bits per heavy atom. The van der Waals surface area contributed by atoms with E-state index in [1.807, 2.05) is 30.3 Å². The van der Waals surface area contributed by atoms with Gasteiger partial charge in [-0.1, -0.05) is 17.3 Å². The van der Waals surface area contributed by atoms with Crippen LogP contribution in [0.25, 0.3) is 22.2 Å². The molecule has 3 aromatic rings. The van der Waals surface area contributed by atoms with Gasteiger partial charge in [0.15, 0.2) is 5.82 Å². The molecule has 0 bridgehead atoms. The van der Waals surface area contributed by atoms with Crippen molar-refractivity contribution in [2.24, 2.45) is 0 Å². The molecule has 0 aliphatic heterocycles. The Morgan fingerprint density at radius 2 is 2.11 bits per heavy atom. The van der Waals surface area contributed by atoms with Crippen LogP contribution in [0.2, 0.25) is 0 Å². The van der Waals surface area contributed by atoms with Crippen LogP contribution >= 0.6 is 0 Å². The summed E-state index contributed by atoms with van der Waals surface area (Å²) in [4.78, 5) is 4.18. The molecule has 0 radical (unpaired) electrons. The van der Waals surface area contributed by atoms with Gasteiger partial charge in [0, 0.05) is 11.8 Å². The van der Waals surface area contributed by atoms with E-state index in [2.05, 4.69) is 10.1 Å². The van der Waals surface area contributed by atoms with E-state index in [9.17, 15) is 0 Å². The minimum Gasteiger partial charge on any atom is -0.497 e. The first-order valence-corrected chi connectivity index (χ1v) is 5.43. The van der Waals surface area contributed by atoms with Crippen molar-refractivity contribution in [1.82, 2.24) is 10.1 Å². The minimum atomic E-state index is 0.349. The summed E-state index contributed by atoms with van der Waals surface area (Å²) in [7, 11) is 1.64. The molecule has 2 N–H and O–H groups in total. The Balaban J connectivity index is 2.15. The van der Waals surface area contributed by atoms with Crippen molar-refractivity contribution in [3.63, 3.8) is 0 Å². The summed E-state index contributed by atoms with van der Waals surface area (Å²) in [5.41, 5.74) is 8.10. The molecule has 0 saturated carbocycles. The Morgan fingerprint density at radius 1 is 1.22 bits per heavy atom. The highest BCUT2D eigenvalue weighted by Crippen LogP contribution is 2.27. The summed E-state index contributed by atoms with van der Waals surface area (Å²) >= 11 is 0. The van der Waals surface area contributed by atoms with Gasteiger partial charge in [-0.2, -0.15) is 0 Å². The molecule has 2 heterocycles. The normalized spacial score (nSPS) is 10.7. The molecule has 0 saturated heterocycles. The lowest BCUT2D eigenvalue weighted by atomic mass is 10.1.